The zero-order chi connectivity index (χ0) is 29.6. The number of hydrogen-bond acceptors (Lipinski definition) is 2. The Morgan fingerprint density at radius 2 is 0.667 bits per heavy atom. The highest BCUT2D eigenvalue weighted by atomic mass is 14.6. The monoisotopic (exact) mass is 546 g/mol. The van der Waals surface area contributed by atoms with Gasteiger partial charge in [0.05, 0.1) is 0 Å². The fourth-order valence-corrected chi connectivity index (χ4v) is 6.72. The van der Waals surface area contributed by atoms with Crippen molar-refractivity contribution in [2.45, 2.75) is 52.4 Å². The van der Waals surface area contributed by atoms with Crippen LogP contribution in [0.4, 0.5) is 11.4 Å². The van der Waals surface area contributed by atoms with E-state index in [0.717, 1.165) is 22.1 Å². The van der Waals surface area contributed by atoms with Gasteiger partial charge in [0, 0.05) is 32.9 Å². The first kappa shape index (κ1) is 26.3. The van der Waals surface area contributed by atoms with E-state index in [0.29, 0.717) is 0 Å². The van der Waals surface area contributed by atoms with Crippen LogP contribution in [-0.4, -0.2) is 0 Å². The lowest BCUT2D eigenvalue weighted by Crippen LogP contribution is -2.10. The first-order valence-corrected chi connectivity index (χ1v) is 14.9. The van der Waals surface area contributed by atoms with Crippen LogP contribution in [0.15, 0.2) is 97.1 Å². The van der Waals surface area contributed by atoms with Crippen LogP contribution in [0.25, 0.3) is 65.3 Å². The van der Waals surface area contributed by atoms with Gasteiger partial charge in [-0.3, -0.25) is 0 Å². The molecule has 0 radical (unpaired) electrons. The van der Waals surface area contributed by atoms with Gasteiger partial charge in [0.1, 0.15) is 0 Å². The van der Waals surface area contributed by atoms with E-state index in [1.807, 2.05) is 0 Å². The van der Waals surface area contributed by atoms with Crippen LogP contribution < -0.4 is 11.5 Å². The third-order valence-electron chi connectivity index (χ3n) is 9.09. The van der Waals surface area contributed by atoms with E-state index in [4.69, 9.17) is 11.5 Å². The van der Waals surface area contributed by atoms with Crippen LogP contribution in [0.3, 0.4) is 0 Å². The molecule has 0 aromatic heterocycles. The molecule has 4 N–H and O–H groups in total. The number of nitrogens with two attached hydrogens (primary N) is 2. The molecule has 0 fully saturated rings. The number of benzene rings is 7. The average molecular weight is 547 g/mol. The summed E-state index contributed by atoms with van der Waals surface area (Å²) in [6, 6.07) is 35.5. The number of rotatable bonds is 2. The van der Waals surface area contributed by atoms with Gasteiger partial charge in [0.2, 0.25) is 0 Å². The van der Waals surface area contributed by atoms with Crippen molar-refractivity contribution in [3.63, 3.8) is 0 Å². The van der Waals surface area contributed by atoms with Gasteiger partial charge in [-0.25, -0.2) is 0 Å². The van der Waals surface area contributed by atoms with Gasteiger partial charge in [-0.1, -0.05) is 126 Å². The summed E-state index contributed by atoms with van der Waals surface area (Å²) in [5, 5.41) is 9.50. The van der Waals surface area contributed by atoms with Crippen molar-refractivity contribution in [1.29, 1.82) is 0 Å². The molecule has 2 heteroatoms. The highest BCUT2D eigenvalue weighted by Crippen LogP contribution is 2.48. The SMILES string of the molecule is CC(C)(C)c1ccc(-c2ccc3c4ccc(-c5ccc(C(C)(C)C)cc5)c5c(N)ccc(c6ccc(N)c2c63)c54)cc1. The van der Waals surface area contributed by atoms with Gasteiger partial charge >= 0.3 is 0 Å². The summed E-state index contributed by atoms with van der Waals surface area (Å²) in [6.07, 6.45) is 0. The molecular formula is C40H38N2. The number of anilines is 2. The molecule has 0 atom stereocenters. The van der Waals surface area contributed by atoms with Crippen molar-refractivity contribution in [2.75, 3.05) is 11.5 Å². The maximum atomic E-state index is 6.77. The fraction of sp³-hybridized carbons (Fsp3) is 0.200. The van der Waals surface area contributed by atoms with Crippen molar-refractivity contribution in [2.24, 2.45) is 0 Å². The fourth-order valence-electron chi connectivity index (χ4n) is 6.72. The molecule has 7 aromatic carbocycles. The van der Waals surface area contributed by atoms with E-state index in [1.165, 1.54) is 65.7 Å². The lowest BCUT2D eigenvalue weighted by Gasteiger charge is -2.22. The zero-order valence-electron chi connectivity index (χ0n) is 25.4. The number of nitrogen functional groups attached to an aromatic ring is 2. The quantitative estimate of drug-likeness (QED) is 0.129. The molecule has 0 unspecified atom stereocenters. The molecule has 0 saturated carbocycles. The predicted octanol–water partition coefficient (Wildman–Crippen LogP) is 10.8. The molecule has 0 aliphatic heterocycles. The Morgan fingerprint density at radius 1 is 0.357 bits per heavy atom. The molecule has 208 valence electrons. The second-order valence-corrected chi connectivity index (χ2v) is 13.9. The largest absolute Gasteiger partial charge is 0.398 e. The smallest absolute Gasteiger partial charge is 0.0400 e. The van der Waals surface area contributed by atoms with Gasteiger partial charge in [-0.2, -0.15) is 0 Å². The van der Waals surface area contributed by atoms with Gasteiger partial charge in [-0.15, -0.1) is 0 Å². The lowest BCUT2D eigenvalue weighted by molar-refractivity contribution is 0.590. The van der Waals surface area contributed by atoms with Crippen molar-refractivity contribution in [3.8, 4) is 22.3 Å². The summed E-state index contributed by atoms with van der Waals surface area (Å²) in [5.74, 6) is 0. The second kappa shape index (κ2) is 8.97. The summed E-state index contributed by atoms with van der Waals surface area (Å²) in [5.41, 5.74) is 22.7. The Hall–Kier alpha value is -4.56. The van der Waals surface area contributed by atoms with E-state index in [2.05, 4.69) is 139 Å². The Morgan fingerprint density at radius 3 is 0.976 bits per heavy atom. The maximum Gasteiger partial charge on any atom is 0.0400 e. The molecule has 0 aliphatic rings. The average Bonchev–Trinajstić information content (AvgIpc) is 2.96. The van der Waals surface area contributed by atoms with Crippen LogP contribution in [0.1, 0.15) is 52.7 Å². The first-order valence-electron chi connectivity index (χ1n) is 14.9. The predicted molar refractivity (Wildman–Crippen MR) is 185 cm³/mol. The van der Waals surface area contributed by atoms with Gasteiger partial charge in [-0.05, 0) is 77.9 Å². The molecule has 42 heavy (non-hydrogen) atoms. The van der Waals surface area contributed by atoms with Crippen molar-refractivity contribution < 1.29 is 0 Å². The summed E-state index contributed by atoms with van der Waals surface area (Å²) >= 11 is 0. The molecule has 0 amide bonds. The van der Waals surface area contributed by atoms with E-state index in [1.54, 1.807) is 0 Å². The Bertz CT molecular complexity index is 1960. The molecule has 7 rings (SSSR count). The topological polar surface area (TPSA) is 52.0 Å². The van der Waals surface area contributed by atoms with Crippen molar-refractivity contribution in [3.05, 3.63) is 108 Å². The van der Waals surface area contributed by atoms with E-state index in [-0.39, 0.29) is 10.8 Å². The van der Waals surface area contributed by atoms with Crippen LogP contribution in [0, 0.1) is 0 Å². The van der Waals surface area contributed by atoms with E-state index in [9.17, 15) is 0 Å². The summed E-state index contributed by atoms with van der Waals surface area (Å²) in [7, 11) is 0. The highest BCUT2D eigenvalue weighted by Gasteiger charge is 2.21. The summed E-state index contributed by atoms with van der Waals surface area (Å²) in [6.45, 7) is 13.5. The normalized spacial score (nSPS) is 12.7. The van der Waals surface area contributed by atoms with Crippen LogP contribution in [0.5, 0.6) is 0 Å². The Labute approximate surface area is 248 Å². The zero-order valence-corrected chi connectivity index (χ0v) is 25.4. The highest BCUT2D eigenvalue weighted by molar-refractivity contribution is 6.37. The summed E-state index contributed by atoms with van der Waals surface area (Å²) < 4.78 is 0. The van der Waals surface area contributed by atoms with Crippen LogP contribution >= 0.6 is 0 Å². The maximum absolute atomic E-state index is 6.77. The molecule has 7 aromatic rings. The minimum atomic E-state index is 0.106. The van der Waals surface area contributed by atoms with Crippen LogP contribution in [-0.2, 0) is 10.8 Å². The molecule has 0 spiro atoms. The second-order valence-electron chi connectivity index (χ2n) is 13.9. The minimum absolute atomic E-state index is 0.106. The van der Waals surface area contributed by atoms with E-state index >= 15 is 0 Å². The number of hydrogen-bond donors (Lipinski definition) is 2. The Balaban J connectivity index is 1.52. The molecule has 0 heterocycles. The lowest BCUT2D eigenvalue weighted by atomic mass is 9.83. The van der Waals surface area contributed by atoms with Crippen molar-refractivity contribution in [1.82, 2.24) is 0 Å². The standard InChI is InChI=1S/C40H38N2/c1-39(2,3)25-11-7-23(8-12-25)27-15-17-29-30-18-16-28(24-9-13-26(14-10-24)40(4,5)6)38-34(42)22-20-32(36(30)38)31-19-21-33(41)37(27)35(29)31/h7-22H,41-42H2,1-6H3. The molecular weight excluding hydrogens is 508 g/mol. The Kier molecular flexibility index (Phi) is 5.63. The molecule has 0 saturated heterocycles. The summed E-state index contributed by atoms with van der Waals surface area (Å²) in [4.78, 5) is 0. The molecule has 2 nitrogen and oxygen atoms in total. The van der Waals surface area contributed by atoms with E-state index < -0.39 is 0 Å². The molecule has 0 aliphatic carbocycles. The molecule has 0 bridgehead atoms. The third kappa shape index (κ3) is 3.93. The minimum Gasteiger partial charge on any atom is -0.398 e. The van der Waals surface area contributed by atoms with Gasteiger partial charge in [0.15, 0.2) is 0 Å². The van der Waals surface area contributed by atoms with Gasteiger partial charge < -0.3 is 11.5 Å². The third-order valence-corrected chi connectivity index (χ3v) is 9.09. The van der Waals surface area contributed by atoms with Gasteiger partial charge in [0.25, 0.3) is 0 Å². The van der Waals surface area contributed by atoms with Crippen molar-refractivity contribution >= 4 is 54.5 Å². The number of fused-ring (bicyclic) bond motifs is 2. The first-order chi connectivity index (χ1) is 19.9. The van der Waals surface area contributed by atoms with Crippen LogP contribution in [0.2, 0.25) is 0 Å².